The monoisotopic (exact) mass is 434 g/mol. The van der Waals surface area contributed by atoms with Gasteiger partial charge in [0.25, 0.3) is 0 Å². The molecule has 0 amide bonds. The van der Waals surface area contributed by atoms with Crippen LogP contribution in [0.3, 0.4) is 0 Å². The number of methoxy groups -OCH3 is 2. The summed E-state index contributed by atoms with van der Waals surface area (Å²) in [6.07, 6.45) is 2.90. The van der Waals surface area contributed by atoms with Crippen LogP contribution in [0.4, 0.5) is 0 Å². The summed E-state index contributed by atoms with van der Waals surface area (Å²) >= 11 is 0. The van der Waals surface area contributed by atoms with Gasteiger partial charge in [0.1, 0.15) is 17.1 Å². The first-order valence-electron chi connectivity index (χ1n) is 8.81. The first kappa shape index (κ1) is 23.0. The third-order valence-electron chi connectivity index (χ3n) is 3.81. The van der Waals surface area contributed by atoms with Crippen LogP contribution in [-0.2, 0) is 35.6 Å². The van der Waals surface area contributed by atoms with E-state index >= 15 is 0 Å². The van der Waals surface area contributed by atoms with E-state index in [-0.39, 0.29) is 11.3 Å². The molecular weight excluding hydrogens is 412 g/mol. The van der Waals surface area contributed by atoms with Crippen molar-refractivity contribution in [1.82, 2.24) is 0 Å². The van der Waals surface area contributed by atoms with Gasteiger partial charge in [0.15, 0.2) is 0 Å². The minimum Gasteiger partial charge on any atom is -0.493 e. The Morgan fingerprint density at radius 3 is 2.13 bits per heavy atom. The predicted molar refractivity (Wildman–Crippen MR) is 110 cm³/mol. The maximum atomic E-state index is 11.7. The molecule has 0 aliphatic carbocycles. The van der Waals surface area contributed by atoms with Crippen LogP contribution in [0.2, 0.25) is 0 Å². The highest BCUT2D eigenvalue weighted by atomic mass is 32.2. The fourth-order valence-corrected chi connectivity index (χ4v) is 2.92. The summed E-state index contributed by atoms with van der Waals surface area (Å²) in [4.78, 5) is 23.4. The maximum Gasteiger partial charge on any atom is 0.345 e. The summed E-state index contributed by atoms with van der Waals surface area (Å²) in [6.45, 7) is 0.354. The van der Waals surface area contributed by atoms with Crippen LogP contribution in [0.1, 0.15) is 11.1 Å². The van der Waals surface area contributed by atoms with Crippen LogP contribution in [0, 0.1) is 0 Å². The Morgan fingerprint density at radius 1 is 0.933 bits per heavy atom. The van der Waals surface area contributed by atoms with Gasteiger partial charge >= 0.3 is 22.1 Å². The van der Waals surface area contributed by atoms with Gasteiger partial charge in [0.2, 0.25) is 0 Å². The molecule has 0 radical (unpaired) electrons. The molecule has 0 saturated heterocycles. The molecule has 2 aromatic carbocycles. The van der Waals surface area contributed by atoms with Crippen molar-refractivity contribution in [3.8, 4) is 11.5 Å². The number of carbonyl (C=O) groups is 2. The first-order valence-corrected chi connectivity index (χ1v) is 10.6. The average Bonchev–Trinajstić information content (AvgIpc) is 2.71. The minimum atomic E-state index is -3.58. The van der Waals surface area contributed by atoms with Crippen molar-refractivity contribution in [2.24, 2.45) is 0 Å². The fourth-order valence-electron chi connectivity index (χ4n) is 2.46. The van der Waals surface area contributed by atoms with E-state index in [0.29, 0.717) is 24.3 Å². The number of carbonyl (C=O) groups excluding carboxylic acids is 2. The summed E-state index contributed by atoms with van der Waals surface area (Å²) in [7, 11) is -1.22. The normalized spacial score (nSPS) is 10.6. The third-order valence-corrected chi connectivity index (χ3v) is 4.30. The molecule has 0 spiro atoms. The van der Waals surface area contributed by atoms with Crippen LogP contribution in [-0.4, -0.2) is 47.4 Å². The first-order chi connectivity index (χ1) is 14.2. The maximum absolute atomic E-state index is 11.7. The highest BCUT2D eigenvalue weighted by molar-refractivity contribution is 7.86. The second kappa shape index (κ2) is 10.4. The Bertz CT molecular complexity index is 1010. The van der Waals surface area contributed by atoms with Crippen LogP contribution in [0.25, 0.3) is 6.08 Å². The van der Waals surface area contributed by atoms with Crippen molar-refractivity contribution in [2.45, 2.75) is 6.42 Å². The summed E-state index contributed by atoms with van der Waals surface area (Å²) in [5.41, 5.74) is 1.24. The van der Waals surface area contributed by atoms with E-state index in [9.17, 15) is 18.0 Å². The number of hydrogen-bond donors (Lipinski definition) is 0. The molecule has 30 heavy (non-hydrogen) atoms. The zero-order valence-corrected chi connectivity index (χ0v) is 17.6. The van der Waals surface area contributed by atoms with Crippen LogP contribution in [0.15, 0.2) is 54.1 Å². The summed E-state index contributed by atoms with van der Waals surface area (Å²) in [5, 5.41) is 0. The topological polar surface area (TPSA) is 105 Å². The van der Waals surface area contributed by atoms with Crippen LogP contribution in [0.5, 0.6) is 11.5 Å². The molecule has 0 bridgehead atoms. The van der Waals surface area contributed by atoms with Gasteiger partial charge in [-0.2, -0.15) is 8.42 Å². The Hall–Kier alpha value is -3.33. The lowest BCUT2D eigenvalue weighted by Crippen LogP contribution is -2.15. The fraction of sp³-hybridized carbons (Fsp3) is 0.238. The molecule has 160 valence electrons. The van der Waals surface area contributed by atoms with E-state index in [4.69, 9.17) is 8.92 Å². The van der Waals surface area contributed by atoms with Crippen LogP contribution >= 0.6 is 0 Å². The number of rotatable bonds is 9. The lowest BCUT2D eigenvalue weighted by molar-refractivity contribution is -0.143. The molecule has 0 atom stereocenters. The molecule has 9 heteroatoms. The highest BCUT2D eigenvalue weighted by Crippen LogP contribution is 2.18. The Balaban J connectivity index is 1.98. The van der Waals surface area contributed by atoms with Gasteiger partial charge in [-0.05, 0) is 41.5 Å². The Labute approximate surface area is 175 Å². The SMILES string of the molecule is COC(=O)C(=Cc1ccc(OCCc2cccc(OS(C)(=O)=O)c2)cc1)C(=O)OC. The van der Waals surface area contributed by atoms with Gasteiger partial charge in [-0.1, -0.05) is 24.3 Å². The molecule has 0 aliphatic rings. The largest absolute Gasteiger partial charge is 0.493 e. The summed E-state index contributed by atoms with van der Waals surface area (Å²) < 4.78 is 42.1. The van der Waals surface area contributed by atoms with E-state index < -0.39 is 22.1 Å². The number of benzene rings is 2. The molecule has 2 rings (SSSR count). The van der Waals surface area contributed by atoms with E-state index in [2.05, 4.69) is 9.47 Å². The zero-order chi connectivity index (χ0) is 22.1. The van der Waals surface area contributed by atoms with Crippen molar-refractivity contribution < 1.29 is 36.4 Å². The smallest absolute Gasteiger partial charge is 0.345 e. The highest BCUT2D eigenvalue weighted by Gasteiger charge is 2.19. The van der Waals surface area contributed by atoms with Crippen molar-refractivity contribution in [2.75, 3.05) is 27.1 Å². The number of ether oxygens (including phenoxy) is 3. The summed E-state index contributed by atoms with van der Waals surface area (Å²) in [5.74, 6) is -0.736. The molecule has 0 fully saturated rings. The molecule has 0 unspecified atom stereocenters. The minimum absolute atomic E-state index is 0.218. The Kier molecular flexibility index (Phi) is 7.99. The lowest BCUT2D eigenvalue weighted by Gasteiger charge is -2.08. The molecule has 0 N–H and O–H groups in total. The van der Waals surface area contributed by atoms with E-state index in [1.807, 2.05) is 6.07 Å². The summed E-state index contributed by atoms with van der Waals surface area (Å²) in [6, 6.07) is 13.5. The van der Waals surface area contributed by atoms with Crippen molar-refractivity contribution in [3.05, 3.63) is 65.2 Å². The second-order valence-electron chi connectivity index (χ2n) is 6.14. The van der Waals surface area contributed by atoms with E-state index in [1.165, 1.54) is 20.3 Å². The van der Waals surface area contributed by atoms with E-state index in [1.54, 1.807) is 42.5 Å². The van der Waals surface area contributed by atoms with Crippen molar-refractivity contribution in [1.29, 1.82) is 0 Å². The number of esters is 2. The standard InChI is InChI=1S/C21H22O8S/c1-26-20(22)19(21(23)27-2)14-16-7-9-17(10-8-16)28-12-11-15-5-4-6-18(13-15)29-30(3,24)25/h4-10,13-14H,11-12H2,1-3H3. The third kappa shape index (κ3) is 7.25. The molecule has 2 aromatic rings. The number of hydrogen-bond acceptors (Lipinski definition) is 8. The zero-order valence-electron chi connectivity index (χ0n) is 16.8. The van der Waals surface area contributed by atoms with Gasteiger partial charge in [0.05, 0.1) is 27.1 Å². The average molecular weight is 434 g/mol. The van der Waals surface area contributed by atoms with Crippen molar-refractivity contribution >= 4 is 28.1 Å². The molecule has 0 aromatic heterocycles. The predicted octanol–water partition coefficient (Wildman–Crippen LogP) is 2.38. The lowest BCUT2D eigenvalue weighted by atomic mass is 10.1. The second-order valence-corrected chi connectivity index (χ2v) is 7.72. The van der Waals surface area contributed by atoms with Gasteiger partial charge in [0, 0.05) is 6.42 Å². The van der Waals surface area contributed by atoms with Gasteiger partial charge in [-0.25, -0.2) is 9.59 Å². The van der Waals surface area contributed by atoms with Gasteiger partial charge < -0.3 is 18.4 Å². The van der Waals surface area contributed by atoms with Crippen molar-refractivity contribution in [3.63, 3.8) is 0 Å². The van der Waals surface area contributed by atoms with Gasteiger partial charge in [-0.3, -0.25) is 0 Å². The van der Waals surface area contributed by atoms with E-state index in [0.717, 1.165) is 11.8 Å². The van der Waals surface area contributed by atoms with Gasteiger partial charge in [-0.15, -0.1) is 0 Å². The Morgan fingerprint density at radius 2 is 1.57 bits per heavy atom. The molecule has 0 saturated carbocycles. The molecule has 8 nitrogen and oxygen atoms in total. The quantitative estimate of drug-likeness (QED) is 0.195. The van der Waals surface area contributed by atoms with Crippen LogP contribution < -0.4 is 8.92 Å². The molecule has 0 heterocycles. The molecular formula is C21H22O8S. The molecule has 0 aliphatic heterocycles.